The van der Waals surface area contributed by atoms with E-state index in [9.17, 15) is 13.9 Å². The molecule has 20 heavy (non-hydrogen) atoms. The molecular formula is C16H15F2NO. The van der Waals surface area contributed by atoms with Crippen molar-refractivity contribution in [3.63, 3.8) is 0 Å². The zero-order valence-corrected chi connectivity index (χ0v) is 10.9. The van der Waals surface area contributed by atoms with Crippen LogP contribution in [0.25, 0.3) is 0 Å². The van der Waals surface area contributed by atoms with E-state index in [1.165, 1.54) is 12.1 Å². The molecule has 0 aliphatic heterocycles. The number of nitrogens with one attached hydrogen (secondary N) is 1. The number of phenolic OH excluding ortho intramolecular Hbond substituents is 1. The first kappa shape index (κ1) is 12.9. The molecule has 0 fully saturated rings. The molecule has 0 amide bonds. The maximum atomic E-state index is 13.2. The van der Waals surface area contributed by atoms with Gasteiger partial charge in [0.15, 0.2) is 0 Å². The van der Waals surface area contributed by atoms with Gasteiger partial charge in [-0.3, -0.25) is 0 Å². The van der Waals surface area contributed by atoms with Crippen molar-refractivity contribution in [3.05, 3.63) is 59.2 Å². The summed E-state index contributed by atoms with van der Waals surface area (Å²) in [5, 5.41) is 12.7. The first-order chi connectivity index (χ1) is 9.61. The Labute approximate surface area is 116 Å². The van der Waals surface area contributed by atoms with Crippen LogP contribution in [0.1, 0.15) is 30.0 Å². The quantitative estimate of drug-likeness (QED) is 0.862. The lowest BCUT2D eigenvalue weighted by Gasteiger charge is -2.27. The number of anilines is 1. The summed E-state index contributed by atoms with van der Waals surface area (Å²) in [7, 11) is 0. The molecule has 2 aromatic rings. The number of rotatable bonds is 2. The van der Waals surface area contributed by atoms with Crippen LogP contribution in [0.5, 0.6) is 5.75 Å². The van der Waals surface area contributed by atoms with Crippen molar-refractivity contribution in [1.82, 2.24) is 0 Å². The highest BCUT2D eigenvalue weighted by molar-refractivity contribution is 5.48. The fourth-order valence-electron chi connectivity index (χ4n) is 2.79. The molecule has 0 bridgehead atoms. The summed E-state index contributed by atoms with van der Waals surface area (Å²) in [6.45, 7) is 0. The highest BCUT2D eigenvalue weighted by Crippen LogP contribution is 2.34. The number of hydrogen-bond donors (Lipinski definition) is 2. The van der Waals surface area contributed by atoms with Gasteiger partial charge in [-0.25, -0.2) is 8.78 Å². The molecule has 1 aliphatic rings. The standard InChI is InChI=1S/C16H15F2NO/c17-11-7-12(18)9-13(8-11)19-16-3-1-2-10-6-14(20)4-5-15(10)16/h4-9,16,19-20H,1-3H2. The molecule has 0 saturated carbocycles. The summed E-state index contributed by atoms with van der Waals surface area (Å²) in [6.07, 6.45) is 2.79. The molecule has 0 radical (unpaired) electrons. The van der Waals surface area contributed by atoms with Crippen molar-refractivity contribution in [1.29, 1.82) is 0 Å². The number of benzene rings is 2. The summed E-state index contributed by atoms with van der Waals surface area (Å²) in [5.41, 5.74) is 2.61. The zero-order chi connectivity index (χ0) is 14.1. The van der Waals surface area contributed by atoms with E-state index in [1.54, 1.807) is 12.1 Å². The topological polar surface area (TPSA) is 32.3 Å². The van der Waals surface area contributed by atoms with E-state index in [2.05, 4.69) is 5.32 Å². The lowest BCUT2D eigenvalue weighted by atomic mass is 9.87. The first-order valence-corrected chi connectivity index (χ1v) is 6.66. The van der Waals surface area contributed by atoms with Crippen molar-refractivity contribution in [2.45, 2.75) is 25.3 Å². The van der Waals surface area contributed by atoms with Gasteiger partial charge >= 0.3 is 0 Å². The first-order valence-electron chi connectivity index (χ1n) is 6.66. The Balaban J connectivity index is 1.89. The maximum absolute atomic E-state index is 13.2. The number of hydrogen-bond acceptors (Lipinski definition) is 2. The van der Waals surface area contributed by atoms with Gasteiger partial charge < -0.3 is 10.4 Å². The van der Waals surface area contributed by atoms with E-state index in [4.69, 9.17) is 0 Å². The minimum atomic E-state index is -0.589. The van der Waals surface area contributed by atoms with Gasteiger partial charge in [0, 0.05) is 11.8 Å². The van der Waals surface area contributed by atoms with Gasteiger partial charge in [-0.05, 0) is 54.7 Å². The smallest absolute Gasteiger partial charge is 0.128 e. The Morgan fingerprint density at radius 1 is 1.05 bits per heavy atom. The average Bonchev–Trinajstić information content (AvgIpc) is 2.37. The Bertz CT molecular complexity index is 622. The third-order valence-electron chi connectivity index (χ3n) is 3.64. The van der Waals surface area contributed by atoms with Crippen LogP contribution in [-0.2, 0) is 6.42 Å². The predicted octanol–water partition coefficient (Wildman–Crippen LogP) is 4.16. The Hall–Kier alpha value is -2.10. The van der Waals surface area contributed by atoms with Gasteiger partial charge in [0.2, 0.25) is 0 Å². The van der Waals surface area contributed by atoms with Crippen LogP contribution < -0.4 is 5.32 Å². The van der Waals surface area contributed by atoms with Gasteiger partial charge in [-0.1, -0.05) is 6.07 Å². The van der Waals surface area contributed by atoms with Gasteiger partial charge in [-0.15, -0.1) is 0 Å². The van der Waals surface area contributed by atoms with Crippen LogP contribution in [0.15, 0.2) is 36.4 Å². The molecule has 0 spiro atoms. The van der Waals surface area contributed by atoms with Crippen molar-refractivity contribution < 1.29 is 13.9 Å². The second kappa shape index (κ2) is 5.12. The molecule has 2 aromatic carbocycles. The summed E-state index contributed by atoms with van der Waals surface area (Å²) < 4.78 is 26.4. The van der Waals surface area contributed by atoms with E-state index in [0.29, 0.717) is 5.69 Å². The fraction of sp³-hybridized carbons (Fsp3) is 0.250. The van der Waals surface area contributed by atoms with Gasteiger partial charge in [-0.2, -0.15) is 0 Å². The molecule has 4 heteroatoms. The fourth-order valence-corrected chi connectivity index (χ4v) is 2.79. The van der Waals surface area contributed by atoms with Crippen LogP contribution in [0.3, 0.4) is 0 Å². The van der Waals surface area contributed by atoms with Crippen molar-refractivity contribution in [2.75, 3.05) is 5.32 Å². The molecule has 1 aliphatic carbocycles. The number of fused-ring (bicyclic) bond motifs is 1. The largest absolute Gasteiger partial charge is 0.508 e. The summed E-state index contributed by atoms with van der Waals surface area (Å²) in [6, 6.07) is 8.73. The third kappa shape index (κ3) is 2.59. The highest BCUT2D eigenvalue weighted by Gasteiger charge is 2.20. The molecule has 0 aromatic heterocycles. The maximum Gasteiger partial charge on any atom is 0.128 e. The Kier molecular flexibility index (Phi) is 3.30. The second-order valence-corrected chi connectivity index (χ2v) is 5.13. The SMILES string of the molecule is Oc1ccc2c(c1)CCCC2Nc1cc(F)cc(F)c1. The van der Waals surface area contributed by atoms with Crippen molar-refractivity contribution in [2.24, 2.45) is 0 Å². The predicted molar refractivity (Wildman–Crippen MR) is 73.8 cm³/mol. The van der Waals surface area contributed by atoms with E-state index >= 15 is 0 Å². The van der Waals surface area contributed by atoms with Crippen molar-refractivity contribution in [3.8, 4) is 5.75 Å². The molecule has 0 saturated heterocycles. The van der Waals surface area contributed by atoms with E-state index < -0.39 is 11.6 Å². The molecule has 1 unspecified atom stereocenters. The van der Waals surface area contributed by atoms with E-state index in [1.807, 2.05) is 6.07 Å². The molecule has 2 N–H and O–H groups in total. The van der Waals surface area contributed by atoms with Gasteiger partial charge in [0.05, 0.1) is 6.04 Å². The van der Waals surface area contributed by atoms with Crippen LogP contribution in [0.2, 0.25) is 0 Å². The molecule has 1 atom stereocenters. The summed E-state index contributed by atoms with van der Waals surface area (Å²) >= 11 is 0. The van der Waals surface area contributed by atoms with Crippen LogP contribution in [0, 0.1) is 11.6 Å². The monoisotopic (exact) mass is 275 g/mol. The minimum Gasteiger partial charge on any atom is -0.508 e. The molecule has 3 rings (SSSR count). The Morgan fingerprint density at radius 2 is 1.80 bits per heavy atom. The lowest BCUT2D eigenvalue weighted by molar-refractivity contribution is 0.472. The summed E-state index contributed by atoms with van der Waals surface area (Å²) in [5.74, 6) is -0.926. The van der Waals surface area contributed by atoms with E-state index in [0.717, 1.165) is 36.5 Å². The average molecular weight is 275 g/mol. The second-order valence-electron chi connectivity index (χ2n) is 5.13. The number of aromatic hydroxyl groups is 1. The third-order valence-corrected chi connectivity index (χ3v) is 3.64. The molecule has 2 nitrogen and oxygen atoms in total. The lowest BCUT2D eigenvalue weighted by Crippen LogP contribution is -2.17. The normalized spacial score (nSPS) is 17.6. The minimum absolute atomic E-state index is 0.0144. The van der Waals surface area contributed by atoms with Crippen LogP contribution in [0.4, 0.5) is 14.5 Å². The van der Waals surface area contributed by atoms with Crippen LogP contribution >= 0.6 is 0 Å². The molecule has 104 valence electrons. The highest BCUT2D eigenvalue weighted by atomic mass is 19.1. The zero-order valence-electron chi connectivity index (χ0n) is 10.9. The molecular weight excluding hydrogens is 260 g/mol. The Morgan fingerprint density at radius 3 is 2.55 bits per heavy atom. The van der Waals surface area contributed by atoms with E-state index in [-0.39, 0.29) is 11.8 Å². The van der Waals surface area contributed by atoms with Crippen LogP contribution in [-0.4, -0.2) is 5.11 Å². The van der Waals surface area contributed by atoms with Crippen molar-refractivity contribution >= 4 is 5.69 Å². The molecule has 0 heterocycles. The number of halogens is 2. The van der Waals surface area contributed by atoms with Gasteiger partial charge in [0.25, 0.3) is 0 Å². The van der Waals surface area contributed by atoms with Gasteiger partial charge in [0.1, 0.15) is 17.4 Å². The number of aryl methyl sites for hydroxylation is 1. The number of phenols is 1. The summed E-state index contributed by atoms with van der Waals surface area (Å²) in [4.78, 5) is 0.